The predicted octanol–water partition coefficient (Wildman–Crippen LogP) is 0.950. The molecular weight excluding hydrogens is 211 g/mol. The summed E-state index contributed by atoms with van der Waals surface area (Å²) >= 11 is 0. The summed E-state index contributed by atoms with van der Waals surface area (Å²) in [5.41, 5.74) is 5.78. The summed E-state index contributed by atoms with van der Waals surface area (Å²) in [4.78, 5) is 23.0. The first-order valence-electron chi connectivity index (χ1n) is 4.85. The van der Waals surface area contributed by atoms with Gasteiger partial charge in [-0.1, -0.05) is 0 Å². The molecule has 0 heterocycles. The average Bonchev–Trinajstić information content (AvgIpc) is 2.24. The van der Waals surface area contributed by atoms with Crippen LogP contribution in [0.2, 0.25) is 0 Å². The van der Waals surface area contributed by atoms with Gasteiger partial charge in [0.15, 0.2) is 0 Å². The standard InChI is InChI=1S/C11H13FN2O2/c1-2-14(6-11(13)16)10-4-8(7-15)3-9(12)5-10/h3-5,7H,2,6H2,1H3,(H2,13,16). The number of rotatable bonds is 5. The molecule has 0 fully saturated rings. The first-order valence-corrected chi connectivity index (χ1v) is 4.85. The van der Waals surface area contributed by atoms with E-state index in [1.54, 1.807) is 4.90 Å². The minimum Gasteiger partial charge on any atom is -0.368 e. The molecule has 1 amide bonds. The van der Waals surface area contributed by atoms with Gasteiger partial charge in [0.1, 0.15) is 12.1 Å². The van der Waals surface area contributed by atoms with E-state index in [0.717, 1.165) is 6.07 Å². The fourth-order valence-corrected chi connectivity index (χ4v) is 1.42. The highest BCUT2D eigenvalue weighted by Gasteiger charge is 2.09. The van der Waals surface area contributed by atoms with Crippen LogP contribution in [0.1, 0.15) is 17.3 Å². The van der Waals surface area contributed by atoms with Crippen molar-refractivity contribution in [2.24, 2.45) is 5.73 Å². The maximum Gasteiger partial charge on any atom is 0.236 e. The average molecular weight is 224 g/mol. The van der Waals surface area contributed by atoms with Gasteiger partial charge in [0, 0.05) is 17.8 Å². The second kappa shape index (κ2) is 5.25. The maximum atomic E-state index is 13.1. The highest BCUT2D eigenvalue weighted by molar-refractivity contribution is 5.81. The molecule has 0 atom stereocenters. The number of anilines is 1. The van der Waals surface area contributed by atoms with Crippen molar-refractivity contribution in [1.29, 1.82) is 0 Å². The van der Waals surface area contributed by atoms with Gasteiger partial charge in [0.2, 0.25) is 5.91 Å². The molecule has 0 aliphatic rings. The Morgan fingerprint density at radius 1 is 1.50 bits per heavy atom. The molecule has 4 nitrogen and oxygen atoms in total. The molecule has 16 heavy (non-hydrogen) atoms. The summed E-state index contributed by atoms with van der Waals surface area (Å²) < 4.78 is 13.1. The summed E-state index contributed by atoms with van der Waals surface area (Å²) in [7, 11) is 0. The van der Waals surface area contributed by atoms with E-state index in [-0.39, 0.29) is 12.1 Å². The van der Waals surface area contributed by atoms with Crippen molar-refractivity contribution >= 4 is 17.9 Å². The van der Waals surface area contributed by atoms with E-state index in [1.165, 1.54) is 12.1 Å². The number of primary amides is 1. The third kappa shape index (κ3) is 3.05. The van der Waals surface area contributed by atoms with Crippen LogP contribution >= 0.6 is 0 Å². The molecule has 1 aromatic carbocycles. The van der Waals surface area contributed by atoms with Crippen LogP contribution < -0.4 is 10.6 Å². The number of aldehydes is 1. The topological polar surface area (TPSA) is 63.4 Å². The third-order valence-electron chi connectivity index (χ3n) is 2.13. The van der Waals surface area contributed by atoms with Gasteiger partial charge in [-0.25, -0.2) is 4.39 Å². The normalized spacial score (nSPS) is 9.88. The Hall–Kier alpha value is -1.91. The number of benzene rings is 1. The number of likely N-dealkylation sites (N-methyl/N-ethyl adjacent to an activating group) is 1. The zero-order chi connectivity index (χ0) is 12.1. The van der Waals surface area contributed by atoms with Crippen molar-refractivity contribution < 1.29 is 14.0 Å². The molecule has 0 bridgehead atoms. The van der Waals surface area contributed by atoms with Crippen molar-refractivity contribution in [2.45, 2.75) is 6.92 Å². The van der Waals surface area contributed by atoms with Gasteiger partial charge in [-0.15, -0.1) is 0 Å². The van der Waals surface area contributed by atoms with Gasteiger partial charge in [-0.3, -0.25) is 9.59 Å². The second-order valence-electron chi connectivity index (χ2n) is 3.34. The van der Waals surface area contributed by atoms with Crippen molar-refractivity contribution in [3.8, 4) is 0 Å². The molecule has 0 aromatic heterocycles. The zero-order valence-electron chi connectivity index (χ0n) is 8.94. The largest absolute Gasteiger partial charge is 0.368 e. The van der Waals surface area contributed by atoms with E-state index in [4.69, 9.17) is 5.73 Å². The number of nitrogens with two attached hydrogens (primary N) is 1. The van der Waals surface area contributed by atoms with Gasteiger partial charge in [-0.05, 0) is 25.1 Å². The summed E-state index contributed by atoms with van der Waals surface area (Å²) in [6.45, 7) is 2.32. The lowest BCUT2D eigenvalue weighted by atomic mass is 10.2. The Morgan fingerprint density at radius 3 is 2.69 bits per heavy atom. The summed E-state index contributed by atoms with van der Waals surface area (Å²) in [5, 5.41) is 0. The molecule has 2 N–H and O–H groups in total. The SMILES string of the molecule is CCN(CC(N)=O)c1cc(F)cc(C=O)c1. The fraction of sp³-hybridized carbons (Fsp3) is 0.273. The highest BCUT2D eigenvalue weighted by Crippen LogP contribution is 2.17. The number of hydrogen-bond acceptors (Lipinski definition) is 3. The van der Waals surface area contributed by atoms with Crippen molar-refractivity contribution in [3.63, 3.8) is 0 Å². The lowest BCUT2D eigenvalue weighted by molar-refractivity contribution is -0.116. The van der Waals surface area contributed by atoms with Gasteiger partial charge in [0.05, 0.1) is 6.54 Å². The van der Waals surface area contributed by atoms with Crippen LogP contribution in [0.5, 0.6) is 0 Å². The molecule has 0 unspecified atom stereocenters. The Balaban J connectivity index is 3.04. The van der Waals surface area contributed by atoms with E-state index >= 15 is 0 Å². The molecule has 0 aliphatic heterocycles. The van der Waals surface area contributed by atoms with Crippen molar-refractivity contribution in [1.82, 2.24) is 0 Å². The van der Waals surface area contributed by atoms with Crippen molar-refractivity contribution in [3.05, 3.63) is 29.6 Å². The smallest absolute Gasteiger partial charge is 0.236 e. The predicted molar refractivity (Wildman–Crippen MR) is 58.9 cm³/mol. The number of nitrogens with zero attached hydrogens (tertiary/aromatic N) is 1. The first-order chi connectivity index (χ1) is 7.56. The third-order valence-corrected chi connectivity index (χ3v) is 2.13. The Labute approximate surface area is 92.8 Å². The lowest BCUT2D eigenvalue weighted by Crippen LogP contribution is -2.33. The van der Waals surface area contributed by atoms with Crippen molar-refractivity contribution in [2.75, 3.05) is 18.0 Å². The first kappa shape index (κ1) is 12.2. The lowest BCUT2D eigenvalue weighted by Gasteiger charge is -2.21. The number of carbonyl (C=O) groups is 2. The maximum absolute atomic E-state index is 13.1. The van der Waals surface area contributed by atoms with Crippen LogP contribution in [0.4, 0.5) is 10.1 Å². The van der Waals surface area contributed by atoms with Crippen LogP contribution in [0.15, 0.2) is 18.2 Å². The molecule has 1 rings (SSSR count). The number of amides is 1. The summed E-state index contributed by atoms with van der Waals surface area (Å²) in [6.07, 6.45) is 0.560. The quantitative estimate of drug-likeness (QED) is 0.757. The zero-order valence-corrected chi connectivity index (χ0v) is 8.94. The molecule has 0 spiro atoms. The Kier molecular flexibility index (Phi) is 3.99. The molecule has 0 radical (unpaired) electrons. The number of carbonyl (C=O) groups excluding carboxylic acids is 2. The van der Waals surface area contributed by atoms with Gasteiger partial charge in [0.25, 0.3) is 0 Å². The van der Waals surface area contributed by atoms with E-state index in [9.17, 15) is 14.0 Å². The summed E-state index contributed by atoms with van der Waals surface area (Å²) in [5.74, 6) is -1.01. The van der Waals surface area contributed by atoms with Gasteiger partial charge >= 0.3 is 0 Å². The molecular formula is C11H13FN2O2. The molecule has 0 saturated carbocycles. The highest BCUT2D eigenvalue weighted by atomic mass is 19.1. The van der Waals surface area contributed by atoms with E-state index in [2.05, 4.69) is 0 Å². The molecule has 86 valence electrons. The van der Waals surface area contributed by atoms with Gasteiger partial charge in [-0.2, -0.15) is 0 Å². The van der Waals surface area contributed by atoms with Gasteiger partial charge < -0.3 is 10.6 Å². The molecule has 0 saturated heterocycles. The van der Waals surface area contributed by atoms with Crippen LogP contribution in [0.25, 0.3) is 0 Å². The van der Waals surface area contributed by atoms with E-state index in [0.29, 0.717) is 18.5 Å². The summed E-state index contributed by atoms with van der Waals surface area (Å²) in [6, 6.07) is 3.91. The Bertz CT molecular complexity index is 407. The number of halogens is 1. The molecule has 0 aliphatic carbocycles. The van der Waals surface area contributed by atoms with Crippen LogP contribution in [-0.4, -0.2) is 25.3 Å². The molecule has 1 aromatic rings. The minimum atomic E-state index is -0.512. The monoisotopic (exact) mass is 224 g/mol. The second-order valence-corrected chi connectivity index (χ2v) is 3.34. The molecule has 5 heteroatoms. The fourth-order valence-electron chi connectivity index (χ4n) is 1.42. The Morgan fingerprint density at radius 2 is 2.19 bits per heavy atom. The van der Waals surface area contributed by atoms with Crippen LogP contribution in [-0.2, 0) is 4.79 Å². The van der Waals surface area contributed by atoms with E-state index < -0.39 is 11.7 Å². The number of hydrogen-bond donors (Lipinski definition) is 1. The van der Waals surface area contributed by atoms with Crippen LogP contribution in [0, 0.1) is 5.82 Å². The minimum absolute atomic E-state index is 0.00174. The van der Waals surface area contributed by atoms with Crippen LogP contribution in [0.3, 0.4) is 0 Å². The van der Waals surface area contributed by atoms with E-state index in [1.807, 2.05) is 6.92 Å².